The lowest BCUT2D eigenvalue weighted by atomic mass is 9.75. The summed E-state index contributed by atoms with van der Waals surface area (Å²) in [7, 11) is 0. The van der Waals surface area contributed by atoms with E-state index in [-0.39, 0.29) is 36.0 Å². The Kier molecular flexibility index (Phi) is 3.84. The molecule has 2 saturated heterocycles. The van der Waals surface area contributed by atoms with Crippen LogP contribution in [0.25, 0.3) is 0 Å². The van der Waals surface area contributed by atoms with Gasteiger partial charge in [0.2, 0.25) is 0 Å². The predicted octanol–water partition coefficient (Wildman–Crippen LogP) is 2.75. The van der Waals surface area contributed by atoms with E-state index >= 15 is 0 Å². The van der Waals surface area contributed by atoms with E-state index in [0.717, 1.165) is 44.9 Å². The van der Waals surface area contributed by atoms with Crippen molar-refractivity contribution in [1.29, 1.82) is 0 Å². The first-order valence-electron chi connectivity index (χ1n) is 8.35. The number of carboxylic acids is 1. The number of fused-ring (bicyclic) bond motifs is 2. The van der Waals surface area contributed by atoms with Gasteiger partial charge in [-0.2, -0.15) is 0 Å². The van der Waals surface area contributed by atoms with Gasteiger partial charge in [0.1, 0.15) is 0 Å². The van der Waals surface area contributed by atoms with Crippen LogP contribution in [0.3, 0.4) is 0 Å². The Balaban J connectivity index is 1.62. The second-order valence-electron chi connectivity index (χ2n) is 7.15. The molecule has 2 unspecified atom stereocenters. The molecule has 5 nitrogen and oxygen atoms in total. The maximum Gasteiger partial charge on any atom is 0.318 e. The summed E-state index contributed by atoms with van der Waals surface area (Å²) in [6.45, 7) is 2.15. The molecular formula is C16H26N2O3. The number of carbonyl (C=O) groups is 2. The van der Waals surface area contributed by atoms with Crippen molar-refractivity contribution < 1.29 is 14.7 Å². The fraction of sp³-hybridized carbons (Fsp3) is 0.875. The van der Waals surface area contributed by atoms with Gasteiger partial charge in [-0.05, 0) is 57.3 Å². The minimum absolute atomic E-state index is 0.0361. The van der Waals surface area contributed by atoms with Gasteiger partial charge in [0.25, 0.3) is 0 Å². The highest BCUT2D eigenvalue weighted by molar-refractivity contribution is 5.76. The Bertz CT molecular complexity index is 414. The third-order valence-electron chi connectivity index (χ3n) is 5.89. The molecule has 5 heteroatoms. The van der Waals surface area contributed by atoms with E-state index in [1.807, 2.05) is 4.90 Å². The molecule has 2 bridgehead atoms. The molecule has 2 N–H and O–H groups in total. The van der Waals surface area contributed by atoms with Crippen molar-refractivity contribution in [2.24, 2.45) is 5.92 Å². The second kappa shape index (κ2) is 5.50. The van der Waals surface area contributed by atoms with Crippen LogP contribution in [0.4, 0.5) is 4.79 Å². The molecule has 2 amide bonds. The lowest BCUT2D eigenvalue weighted by Gasteiger charge is -2.45. The Labute approximate surface area is 126 Å². The quantitative estimate of drug-likeness (QED) is 0.837. The smallest absolute Gasteiger partial charge is 0.318 e. The van der Waals surface area contributed by atoms with Gasteiger partial charge in [0.15, 0.2) is 0 Å². The number of rotatable bonds is 4. The van der Waals surface area contributed by atoms with Crippen LogP contribution in [0.15, 0.2) is 0 Å². The van der Waals surface area contributed by atoms with Crippen LogP contribution < -0.4 is 5.32 Å². The van der Waals surface area contributed by atoms with Crippen LogP contribution in [0.5, 0.6) is 0 Å². The van der Waals surface area contributed by atoms with Gasteiger partial charge in [-0.25, -0.2) is 4.79 Å². The molecular weight excluding hydrogens is 268 g/mol. The monoisotopic (exact) mass is 294 g/mol. The molecule has 0 aromatic carbocycles. The number of carbonyl (C=O) groups excluding carboxylic acids is 1. The molecule has 0 aromatic heterocycles. The number of hydrogen-bond donors (Lipinski definition) is 2. The van der Waals surface area contributed by atoms with Crippen LogP contribution in [-0.2, 0) is 4.79 Å². The summed E-state index contributed by atoms with van der Waals surface area (Å²) in [5.74, 6) is -0.468. The molecule has 1 aliphatic carbocycles. The van der Waals surface area contributed by atoms with Crippen LogP contribution >= 0.6 is 0 Å². The van der Waals surface area contributed by atoms with Gasteiger partial charge in [0.05, 0.1) is 0 Å². The first-order chi connectivity index (χ1) is 10.0. The zero-order valence-corrected chi connectivity index (χ0v) is 12.8. The molecule has 0 aromatic rings. The van der Waals surface area contributed by atoms with Gasteiger partial charge in [-0.3, -0.25) is 4.79 Å². The summed E-state index contributed by atoms with van der Waals surface area (Å²) in [4.78, 5) is 25.6. The van der Waals surface area contributed by atoms with E-state index in [9.17, 15) is 9.59 Å². The topological polar surface area (TPSA) is 69.6 Å². The second-order valence-corrected chi connectivity index (χ2v) is 7.15. The molecule has 118 valence electrons. The van der Waals surface area contributed by atoms with Gasteiger partial charge < -0.3 is 15.3 Å². The van der Waals surface area contributed by atoms with E-state index in [4.69, 9.17) is 5.11 Å². The zero-order chi connectivity index (χ0) is 15.0. The number of hydrogen-bond acceptors (Lipinski definition) is 2. The number of urea groups is 1. The molecule has 1 saturated carbocycles. The Morgan fingerprint density at radius 2 is 1.86 bits per heavy atom. The molecule has 2 heterocycles. The number of amides is 2. The number of nitrogens with one attached hydrogen (secondary N) is 1. The van der Waals surface area contributed by atoms with Gasteiger partial charge in [-0.15, -0.1) is 0 Å². The van der Waals surface area contributed by atoms with Crippen LogP contribution in [0.2, 0.25) is 0 Å². The number of piperidine rings is 1. The summed E-state index contributed by atoms with van der Waals surface area (Å²) in [6, 6.07) is 0.599. The van der Waals surface area contributed by atoms with Crippen molar-refractivity contribution in [3.8, 4) is 0 Å². The largest absolute Gasteiger partial charge is 0.481 e. The first-order valence-corrected chi connectivity index (χ1v) is 8.35. The maximum absolute atomic E-state index is 12.7. The number of nitrogens with zero attached hydrogens (tertiary/aromatic N) is 1. The molecule has 3 aliphatic rings. The number of aliphatic carboxylic acids is 1. The molecule has 0 radical (unpaired) electrons. The fourth-order valence-corrected chi connectivity index (χ4v) is 4.50. The van der Waals surface area contributed by atoms with E-state index in [1.54, 1.807) is 0 Å². The standard InChI is InChI=1S/C16H26N2O3/c1-2-16(6-3-7-16)17-15(21)18-12-4-5-13(18)9-11(8-12)10-14(19)20/h11-13H,2-10H2,1H3,(H,17,21)(H,19,20). The molecule has 2 aliphatic heterocycles. The minimum atomic E-state index is -0.711. The Morgan fingerprint density at radius 1 is 1.24 bits per heavy atom. The summed E-state index contributed by atoms with van der Waals surface area (Å²) < 4.78 is 0. The summed E-state index contributed by atoms with van der Waals surface area (Å²) >= 11 is 0. The van der Waals surface area contributed by atoms with E-state index in [2.05, 4.69) is 12.2 Å². The summed E-state index contributed by atoms with van der Waals surface area (Å²) in [5, 5.41) is 12.2. The molecule has 2 atom stereocenters. The van der Waals surface area contributed by atoms with Crippen molar-refractivity contribution in [2.75, 3.05) is 0 Å². The van der Waals surface area contributed by atoms with Crippen molar-refractivity contribution in [1.82, 2.24) is 10.2 Å². The summed E-state index contributed by atoms with van der Waals surface area (Å²) in [6.07, 6.45) is 8.44. The highest BCUT2D eigenvalue weighted by Gasteiger charge is 2.46. The molecule has 3 fully saturated rings. The van der Waals surface area contributed by atoms with Crippen molar-refractivity contribution in [3.63, 3.8) is 0 Å². The summed E-state index contributed by atoms with van der Waals surface area (Å²) in [5.41, 5.74) is 0.0361. The highest BCUT2D eigenvalue weighted by atomic mass is 16.4. The first kappa shape index (κ1) is 14.7. The molecule has 0 spiro atoms. The average Bonchev–Trinajstić information content (AvgIpc) is 2.65. The Morgan fingerprint density at radius 3 is 2.29 bits per heavy atom. The average molecular weight is 294 g/mol. The van der Waals surface area contributed by atoms with Crippen molar-refractivity contribution >= 4 is 12.0 Å². The highest BCUT2D eigenvalue weighted by Crippen LogP contribution is 2.41. The zero-order valence-electron chi connectivity index (χ0n) is 12.8. The van der Waals surface area contributed by atoms with Gasteiger partial charge in [0, 0.05) is 24.0 Å². The molecule has 3 rings (SSSR count). The third-order valence-corrected chi connectivity index (χ3v) is 5.89. The predicted molar refractivity (Wildman–Crippen MR) is 79.0 cm³/mol. The normalized spacial score (nSPS) is 33.4. The van der Waals surface area contributed by atoms with Crippen molar-refractivity contribution in [3.05, 3.63) is 0 Å². The van der Waals surface area contributed by atoms with Gasteiger partial charge >= 0.3 is 12.0 Å². The van der Waals surface area contributed by atoms with Crippen molar-refractivity contribution in [2.45, 2.75) is 82.3 Å². The maximum atomic E-state index is 12.7. The third kappa shape index (κ3) is 2.74. The van der Waals surface area contributed by atoms with E-state index in [0.29, 0.717) is 0 Å². The van der Waals surface area contributed by atoms with Crippen LogP contribution in [0.1, 0.15) is 64.7 Å². The van der Waals surface area contributed by atoms with Crippen LogP contribution in [-0.4, -0.2) is 39.6 Å². The fourth-order valence-electron chi connectivity index (χ4n) is 4.50. The molecule has 21 heavy (non-hydrogen) atoms. The lowest BCUT2D eigenvalue weighted by Crippen LogP contribution is -2.60. The number of carboxylic acid groups (broad SMARTS) is 1. The minimum Gasteiger partial charge on any atom is -0.481 e. The Hall–Kier alpha value is -1.26. The lowest BCUT2D eigenvalue weighted by molar-refractivity contribution is -0.138. The van der Waals surface area contributed by atoms with E-state index in [1.165, 1.54) is 6.42 Å². The van der Waals surface area contributed by atoms with Crippen LogP contribution in [0, 0.1) is 5.92 Å². The van der Waals surface area contributed by atoms with E-state index < -0.39 is 5.97 Å². The SMILES string of the molecule is CCC1(NC(=O)N2C3CCC2CC(CC(=O)O)C3)CCC1. The van der Waals surface area contributed by atoms with Gasteiger partial charge in [-0.1, -0.05) is 6.92 Å².